The van der Waals surface area contributed by atoms with Gasteiger partial charge in [0.15, 0.2) is 5.60 Å². The molecule has 0 bridgehead atoms. The molecule has 0 fully saturated rings. The Bertz CT molecular complexity index is 1600. The van der Waals surface area contributed by atoms with Crippen LogP contribution in [0.2, 0.25) is 0 Å². The molecule has 0 aliphatic carbocycles. The maximum atomic E-state index is 13.3. The van der Waals surface area contributed by atoms with E-state index in [1.807, 2.05) is 91.9 Å². The number of anilines is 3. The molecule has 0 aromatic heterocycles. The number of ether oxygens (including phenoxy) is 2. The first kappa shape index (κ1) is 25.5. The van der Waals surface area contributed by atoms with Crippen LogP contribution in [0.5, 0.6) is 11.5 Å². The van der Waals surface area contributed by atoms with Crippen molar-refractivity contribution in [2.45, 2.75) is 26.4 Å². The number of carbonyl (C=O) groups is 2. The fraction of sp³-hybridized carbons (Fsp3) is 0.212. The van der Waals surface area contributed by atoms with Crippen LogP contribution in [-0.4, -0.2) is 31.6 Å². The van der Waals surface area contributed by atoms with E-state index >= 15 is 0 Å². The molecule has 2 amide bonds. The third-order valence-corrected chi connectivity index (χ3v) is 7.61. The molecule has 1 spiro atoms. The molecule has 1 atom stereocenters. The highest BCUT2D eigenvalue weighted by Gasteiger charge is 2.53. The number of hydrogen-bond donors (Lipinski definition) is 1. The number of urea groups is 1. The van der Waals surface area contributed by atoms with Crippen molar-refractivity contribution < 1.29 is 19.1 Å². The number of para-hydroxylation sites is 1. The average molecular weight is 534 g/mol. The van der Waals surface area contributed by atoms with Crippen molar-refractivity contribution in [2.24, 2.45) is 0 Å². The highest BCUT2D eigenvalue weighted by molar-refractivity contribution is 6.00. The van der Waals surface area contributed by atoms with Crippen LogP contribution >= 0.6 is 0 Å². The van der Waals surface area contributed by atoms with Crippen LogP contribution in [0.1, 0.15) is 47.8 Å². The van der Waals surface area contributed by atoms with Gasteiger partial charge in [0.2, 0.25) is 0 Å². The van der Waals surface area contributed by atoms with E-state index in [2.05, 4.69) is 24.1 Å². The van der Waals surface area contributed by atoms with Gasteiger partial charge in [0, 0.05) is 48.1 Å². The van der Waals surface area contributed by atoms with Crippen LogP contribution in [0.25, 0.3) is 0 Å². The van der Waals surface area contributed by atoms with Crippen LogP contribution < -0.4 is 19.9 Å². The molecule has 202 valence electrons. The third-order valence-electron chi connectivity index (χ3n) is 7.61. The first-order valence-corrected chi connectivity index (χ1v) is 13.7. The van der Waals surface area contributed by atoms with Crippen molar-refractivity contribution in [3.05, 3.63) is 113 Å². The lowest BCUT2D eigenvalue weighted by atomic mass is 9.77. The average Bonchev–Trinajstić information content (AvgIpc) is 3.27. The van der Waals surface area contributed by atoms with Crippen molar-refractivity contribution in [3.63, 3.8) is 0 Å². The van der Waals surface area contributed by atoms with Crippen LogP contribution in [0, 0.1) is 0 Å². The zero-order valence-electron chi connectivity index (χ0n) is 22.8. The molecule has 1 unspecified atom stereocenters. The molecule has 6 rings (SSSR count). The summed E-state index contributed by atoms with van der Waals surface area (Å²) in [4.78, 5) is 30.5. The van der Waals surface area contributed by atoms with E-state index in [1.54, 1.807) is 11.0 Å². The van der Waals surface area contributed by atoms with Gasteiger partial charge in [-0.2, -0.15) is 0 Å². The maximum Gasteiger partial charge on any atom is 0.340 e. The van der Waals surface area contributed by atoms with E-state index in [9.17, 15) is 9.59 Å². The van der Waals surface area contributed by atoms with Crippen LogP contribution in [0.15, 0.2) is 91.0 Å². The molecule has 2 aliphatic heterocycles. The number of rotatable bonds is 6. The number of fused-ring (bicyclic) bond motifs is 6. The van der Waals surface area contributed by atoms with Gasteiger partial charge in [-0.1, -0.05) is 36.4 Å². The van der Waals surface area contributed by atoms with E-state index < -0.39 is 11.6 Å². The number of nitrogens with zero attached hydrogens (tertiary/aromatic N) is 2. The zero-order chi connectivity index (χ0) is 27.9. The molecule has 0 saturated heterocycles. The molecular weight excluding hydrogens is 502 g/mol. The molecule has 40 heavy (non-hydrogen) atoms. The number of carbonyl (C=O) groups excluding carboxylic acids is 2. The van der Waals surface area contributed by atoms with Crippen LogP contribution in [-0.2, 0) is 10.3 Å². The third kappa shape index (κ3) is 3.88. The number of amides is 2. The molecule has 7 nitrogen and oxygen atoms in total. The summed E-state index contributed by atoms with van der Waals surface area (Å²) in [5.74, 6) is 0.815. The van der Waals surface area contributed by atoms with Gasteiger partial charge in [-0.15, -0.1) is 0 Å². The van der Waals surface area contributed by atoms with E-state index in [4.69, 9.17) is 9.47 Å². The quantitative estimate of drug-likeness (QED) is 0.271. The van der Waals surface area contributed by atoms with E-state index in [1.165, 1.54) is 0 Å². The molecule has 4 aromatic carbocycles. The Hall–Kier alpha value is -4.78. The minimum absolute atomic E-state index is 0.257. The van der Waals surface area contributed by atoms with Gasteiger partial charge in [-0.05, 0) is 69.3 Å². The zero-order valence-corrected chi connectivity index (χ0v) is 22.8. The number of hydrogen-bond acceptors (Lipinski definition) is 5. The van der Waals surface area contributed by atoms with Gasteiger partial charge in [-0.25, -0.2) is 9.59 Å². The Morgan fingerprint density at radius 3 is 2.23 bits per heavy atom. The first-order valence-electron chi connectivity index (χ1n) is 13.7. The SMILES string of the molecule is CCNC(=O)N(c1ccccc1)c1ccc2c(c1)C1(OC(=O)c3ccccc31)c1ccc(N(CC)CC)cc1O2. The van der Waals surface area contributed by atoms with Gasteiger partial charge >= 0.3 is 12.0 Å². The second-order valence-corrected chi connectivity index (χ2v) is 9.76. The second-order valence-electron chi connectivity index (χ2n) is 9.76. The summed E-state index contributed by atoms with van der Waals surface area (Å²) in [6.07, 6.45) is 0. The molecule has 0 radical (unpaired) electrons. The minimum atomic E-state index is -1.22. The Kier molecular flexibility index (Phi) is 6.42. The molecule has 4 aromatic rings. The van der Waals surface area contributed by atoms with Gasteiger partial charge in [0.05, 0.1) is 16.9 Å². The fourth-order valence-corrected chi connectivity index (χ4v) is 5.76. The number of esters is 1. The summed E-state index contributed by atoms with van der Waals surface area (Å²) in [6.45, 7) is 8.30. The summed E-state index contributed by atoms with van der Waals surface area (Å²) >= 11 is 0. The van der Waals surface area contributed by atoms with Crippen LogP contribution in [0.3, 0.4) is 0 Å². The van der Waals surface area contributed by atoms with Crippen LogP contribution in [0.4, 0.5) is 21.9 Å². The summed E-state index contributed by atoms with van der Waals surface area (Å²) in [5.41, 5.74) is 3.83. The predicted octanol–water partition coefficient (Wildman–Crippen LogP) is 6.97. The van der Waals surface area contributed by atoms with E-state index in [0.29, 0.717) is 40.5 Å². The predicted molar refractivity (Wildman–Crippen MR) is 156 cm³/mol. The Labute approximate surface area is 233 Å². The molecular formula is C33H31N3O4. The van der Waals surface area contributed by atoms with E-state index in [0.717, 1.165) is 29.9 Å². The van der Waals surface area contributed by atoms with Gasteiger partial charge in [0.25, 0.3) is 0 Å². The Balaban J connectivity index is 1.58. The standard InChI is InChI=1S/C33H31N3O4/c1-4-34-32(38)36(22-12-8-7-9-13-22)24-17-19-29-28(20-24)33(26-15-11-10-14-25(26)31(37)40-33)27-18-16-23(21-30(27)39-29)35(5-2)6-3/h7-21H,4-6H2,1-3H3,(H,34,38). The van der Waals surface area contributed by atoms with Gasteiger partial charge in [0.1, 0.15) is 11.5 Å². The topological polar surface area (TPSA) is 71.1 Å². The minimum Gasteiger partial charge on any atom is -0.456 e. The summed E-state index contributed by atoms with van der Waals surface area (Å²) in [5, 5.41) is 2.92. The van der Waals surface area contributed by atoms with Crippen molar-refractivity contribution in [1.82, 2.24) is 5.32 Å². The van der Waals surface area contributed by atoms with E-state index in [-0.39, 0.29) is 6.03 Å². The van der Waals surface area contributed by atoms with Crippen molar-refractivity contribution in [1.29, 1.82) is 0 Å². The lowest BCUT2D eigenvalue weighted by molar-refractivity contribution is 0.0224. The molecule has 1 N–H and O–H groups in total. The van der Waals surface area contributed by atoms with Crippen molar-refractivity contribution in [3.8, 4) is 11.5 Å². The highest BCUT2D eigenvalue weighted by Crippen LogP contribution is 2.57. The first-order chi connectivity index (χ1) is 19.5. The Morgan fingerprint density at radius 1 is 0.750 bits per heavy atom. The summed E-state index contributed by atoms with van der Waals surface area (Å²) in [7, 11) is 0. The lowest BCUT2D eigenvalue weighted by Gasteiger charge is -2.38. The van der Waals surface area contributed by atoms with Crippen molar-refractivity contribution >= 4 is 29.1 Å². The fourth-order valence-electron chi connectivity index (χ4n) is 5.76. The lowest BCUT2D eigenvalue weighted by Crippen LogP contribution is -2.37. The summed E-state index contributed by atoms with van der Waals surface area (Å²) < 4.78 is 12.9. The molecule has 2 aliphatic rings. The van der Waals surface area contributed by atoms with Gasteiger partial charge < -0.3 is 19.7 Å². The summed E-state index contributed by atoms with van der Waals surface area (Å²) in [6, 6.07) is 28.3. The normalized spacial score (nSPS) is 16.3. The maximum absolute atomic E-state index is 13.3. The molecule has 7 heteroatoms. The van der Waals surface area contributed by atoms with Gasteiger partial charge in [-0.3, -0.25) is 4.90 Å². The highest BCUT2D eigenvalue weighted by atomic mass is 16.6. The smallest absolute Gasteiger partial charge is 0.340 e. The van der Waals surface area contributed by atoms with Crippen molar-refractivity contribution in [2.75, 3.05) is 29.4 Å². The monoisotopic (exact) mass is 533 g/mol. The number of nitrogens with one attached hydrogen (secondary N) is 1. The number of benzene rings is 4. The molecule has 0 saturated carbocycles. The second kappa shape index (κ2) is 10.1. The largest absolute Gasteiger partial charge is 0.456 e. The Morgan fingerprint density at radius 2 is 1.48 bits per heavy atom. The molecule has 2 heterocycles.